The first-order valence-electron chi connectivity index (χ1n) is 5.15. The van der Waals surface area contributed by atoms with E-state index in [0.717, 1.165) is 16.5 Å². The number of halogens is 1. The lowest BCUT2D eigenvalue weighted by molar-refractivity contribution is 0.0994. The Morgan fingerprint density at radius 3 is 2.80 bits per heavy atom. The van der Waals surface area contributed by atoms with Gasteiger partial charge in [-0.3, -0.25) is 0 Å². The molecule has 0 saturated heterocycles. The lowest BCUT2D eigenvalue weighted by Gasteiger charge is -2.39. The van der Waals surface area contributed by atoms with Crippen LogP contribution in [0.1, 0.15) is 37.4 Å². The van der Waals surface area contributed by atoms with Crippen LogP contribution in [-0.2, 0) is 5.41 Å². The second-order valence-electron chi connectivity index (χ2n) is 4.91. The van der Waals surface area contributed by atoms with Crippen molar-refractivity contribution in [2.24, 2.45) is 5.73 Å². The van der Waals surface area contributed by atoms with E-state index in [1.165, 1.54) is 5.56 Å². The molecule has 0 aliphatic heterocycles. The van der Waals surface area contributed by atoms with Crippen LogP contribution in [0.3, 0.4) is 0 Å². The normalized spacial score (nSPS) is 28.6. The number of hydrogen-bond donors (Lipinski definition) is 2. The van der Waals surface area contributed by atoms with Crippen molar-refractivity contribution in [2.45, 2.75) is 37.8 Å². The van der Waals surface area contributed by atoms with Crippen LogP contribution in [0.15, 0.2) is 22.7 Å². The van der Waals surface area contributed by atoms with Gasteiger partial charge in [0.05, 0.1) is 12.1 Å². The van der Waals surface area contributed by atoms with Crippen molar-refractivity contribution in [1.82, 2.24) is 0 Å². The molecule has 82 valence electrons. The fourth-order valence-corrected chi connectivity index (χ4v) is 2.73. The minimum absolute atomic E-state index is 0.00556. The predicted octanol–water partition coefficient (Wildman–Crippen LogP) is 2.49. The van der Waals surface area contributed by atoms with E-state index in [1.807, 2.05) is 12.1 Å². The number of aliphatic hydroxyl groups excluding tert-OH is 1. The molecule has 2 atom stereocenters. The van der Waals surface area contributed by atoms with Gasteiger partial charge in [0, 0.05) is 4.47 Å². The molecule has 0 heterocycles. The summed E-state index contributed by atoms with van der Waals surface area (Å²) in [5, 5.41) is 9.89. The summed E-state index contributed by atoms with van der Waals surface area (Å²) in [7, 11) is 0. The topological polar surface area (TPSA) is 46.2 Å². The number of benzene rings is 1. The van der Waals surface area contributed by atoms with Crippen LogP contribution in [0.2, 0.25) is 0 Å². The first-order valence-corrected chi connectivity index (χ1v) is 5.95. The first kappa shape index (κ1) is 11.1. The fraction of sp³-hybridized carbons (Fsp3) is 0.500. The van der Waals surface area contributed by atoms with Gasteiger partial charge in [-0.25, -0.2) is 0 Å². The lowest BCUT2D eigenvalue weighted by atomic mass is 9.70. The average molecular weight is 270 g/mol. The molecule has 3 heteroatoms. The first-order chi connectivity index (χ1) is 6.92. The quantitative estimate of drug-likeness (QED) is 0.760. The standard InChI is InChI=1S/C12H16BrNO/c1-12(2)6-10(15)11(14)8-4-3-7(13)5-9(8)12/h3-5,10-11,15H,6,14H2,1-2H3/t10?,11-/m1/s1. The molecule has 1 unspecified atom stereocenters. The van der Waals surface area contributed by atoms with Gasteiger partial charge in [0.2, 0.25) is 0 Å². The molecular weight excluding hydrogens is 254 g/mol. The maximum Gasteiger partial charge on any atom is 0.0741 e. The Hall–Kier alpha value is -0.380. The van der Waals surface area contributed by atoms with Gasteiger partial charge in [0.1, 0.15) is 0 Å². The molecule has 2 rings (SSSR count). The second-order valence-corrected chi connectivity index (χ2v) is 5.83. The molecule has 15 heavy (non-hydrogen) atoms. The molecule has 3 N–H and O–H groups in total. The molecule has 0 radical (unpaired) electrons. The number of rotatable bonds is 0. The summed E-state index contributed by atoms with van der Waals surface area (Å²) in [4.78, 5) is 0. The van der Waals surface area contributed by atoms with Gasteiger partial charge in [0.25, 0.3) is 0 Å². The van der Waals surface area contributed by atoms with E-state index in [4.69, 9.17) is 5.73 Å². The van der Waals surface area contributed by atoms with E-state index in [0.29, 0.717) is 0 Å². The van der Waals surface area contributed by atoms with Crippen LogP contribution < -0.4 is 5.73 Å². The highest BCUT2D eigenvalue weighted by molar-refractivity contribution is 9.10. The van der Waals surface area contributed by atoms with Crippen molar-refractivity contribution in [3.63, 3.8) is 0 Å². The van der Waals surface area contributed by atoms with E-state index in [-0.39, 0.29) is 11.5 Å². The zero-order chi connectivity index (χ0) is 11.2. The smallest absolute Gasteiger partial charge is 0.0741 e. The SMILES string of the molecule is CC1(C)CC(O)[C@H](N)c2ccc(Br)cc21. The van der Waals surface area contributed by atoms with Gasteiger partial charge < -0.3 is 10.8 Å². The van der Waals surface area contributed by atoms with Crippen molar-refractivity contribution in [3.8, 4) is 0 Å². The maximum atomic E-state index is 9.89. The second kappa shape index (κ2) is 3.58. The number of aliphatic hydroxyl groups is 1. The molecule has 1 aliphatic carbocycles. The molecule has 1 aromatic rings. The third-order valence-corrected chi connectivity index (χ3v) is 3.73. The highest BCUT2D eigenvalue weighted by Crippen LogP contribution is 2.41. The van der Waals surface area contributed by atoms with Crippen LogP contribution in [0.5, 0.6) is 0 Å². The van der Waals surface area contributed by atoms with Gasteiger partial charge in [-0.2, -0.15) is 0 Å². The van der Waals surface area contributed by atoms with Crippen molar-refractivity contribution < 1.29 is 5.11 Å². The van der Waals surface area contributed by atoms with Crippen molar-refractivity contribution in [2.75, 3.05) is 0 Å². The number of fused-ring (bicyclic) bond motifs is 1. The van der Waals surface area contributed by atoms with Gasteiger partial charge in [0.15, 0.2) is 0 Å². The molecule has 1 aliphatic rings. The molecule has 0 spiro atoms. The van der Waals surface area contributed by atoms with Crippen LogP contribution >= 0.6 is 15.9 Å². The summed E-state index contributed by atoms with van der Waals surface area (Å²) in [6.45, 7) is 4.29. The van der Waals surface area contributed by atoms with Gasteiger partial charge >= 0.3 is 0 Å². The van der Waals surface area contributed by atoms with Gasteiger partial charge in [-0.05, 0) is 35.1 Å². The Morgan fingerprint density at radius 2 is 2.13 bits per heavy atom. The third kappa shape index (κ3) is 1.84. The Balaban J connectivity index is 2.59. The van der Waals surface area contributed by atoms with E-state index in [9.17, 15) is 5.11 Å². The Labute approximate surface area is 98.6 Å². The molecule has 0 aromatic heterocycles. The van der Waals surface area contributed by atoms with Gasteiger partial charge in [-0.1, -0.05) is 35.8 Å². The summed E-state index contributed by atoms with van der Waals surface area (Å²) in [5.41, 5.74) is 8.31. The molecule has 0 bridgehead atoms. The molecule has 1 aromatic carbocycles. The molecule has 2 nitrogen and oxygen atoms in total. The van der Waals surface area contributed by atoms with E-state index in [2.05, 4.69) is 35.8 Å². The predicted molar refractivity (Wildman–Crippen MR) is 64.7 cm³/mol. The van der Waals surface area contributed by atoms with E-state index >= 15 is 0 Å². The van der Waals surface area contributed by atoms with E-state index in [1.54, 1.807) is 0 Å². The highest BCUT2D eigenvalue weighted by Gasteiger charge is 2.36. The van der Waals surface area contributed by atoms with Crippen LogP contribution in [-0.4, -0.2) is 11.2 Å². The zero-order valence-electron chi connectivity index (χ0n) is 9.00. The highest BCUT2D eigenvalue weighted by atomic mass is 79.9. The largest absolute Gasteiger partial charge is 0.391 e. The summed E-state index contributed by atoms with van der Waals surface area (Å²) in [5.74, 6) is 0. The van der Waals surface area contributed by atoms with Crippen molar-refractivity contribution in [1.29, 1.82) is 0 Å². The molecular formula is C12H16BrNO. The molecule has 0 saturated carbocycles. The van der Waals surface area contributed by atoms with Gasteiger partial charge in [-0.15, -0.1) is 0 Å². The summed E-state index contributed by atoms with van der Waals surface area (Å²) in [6.07, 6.45) is 0.283. The van der Waals surface area contributed by atoms with E-state index < -0.39 is 6.10 Å². The fourth-order valence-electron chi connectivity index (χ4n) is 2.37. The van der Waals surface area contributed by atoms with Crippen molar-refractivity contribution in [3.05, 3.63) is 33.8 Å². The summed E-state index contributed by atoms with van der Waals surface area (Å²) >= 11 is 3.47. The minimum Gasteiger partial charge on any atom is -0.391 e. The molecule has 0 fully saturated rings. The van der Waals surface area contributed by atoms with Crippen LogP contribution in [0.4, 0.5) is 0 Å². The summed E-state index contributed by atoms with van der Waals surface area (Å²) in [6, 6.07) is 5.85. The van der Waals surface area contributed by atoms with Crippen LogP contribution in [0.25, 0.3) is 0 Å². The number of hydrogen-bond acceptors (Lipinski definition) is 2. The lowest BCUT2D eigenvalue weighted by Crippen LogP contribution is -2.39. The zero-order valence-corrected chi connectivity index (χ0v) is 10.6. The Bertz CT molecular complexity index is 389. The Morgan fingerprint density at radius 1 is 1.47 bits per heavy atom. The average Bonchev–Trinajstić information content (AvgIpc) is 2.14. The minimum atomic E-state index is -0.436. The van der Waals surface area contributed by atoms with Crippen LogP contribution in [0, 0.1) is 0 Å². The maximum absolute atomic E-state index is 9.89. The number of nitrogens with two attached hydrogens (primary N) is 1. The Kier molecular flexibility index (Phi) is 2.65. The van der Waals surface area contributed by atoms with Crippen molar-refractivity contribution >= 4 is 15.9 Å². The monoisotopic (exact) mass is 269 g/mol. The molecule has 0 amide bonds. The summed E-state index contributed by atoms with van der Waals surface area (Å²) < 4.78 is 1.07. The third-order valence-electron chi connectivity index (χ3n) is 3.24.